The summed E-state index contributed by atoms with van der Waals surface area (Å²) >= 11 is 0. The molecule has 1 saturated carbocycles. The zero-order chi connectivity index (χ0) is 9.19. The molecule has 0 aliphatic heterocycles. The molecular formula is C8H15NO3. The molecule has 12 heavy (non-hydrogen) atoms. The lowest BCUT2D eigenvalue weighted by Crippen LogP contribution is -2.49. The molecule has 0 aromatic heterocycles. The van der Waals surface area contributed by atoms with E-state index in [1.54, 1.807) is 0 Å². The van der Waals surface area contributed by atoms with Crippen LogP contribution in [0.2, 0.25) is 0 Å². The molecule has 4 nitrogen and oxygen atoms in total. The number of nitrogens with one attached hydrogen (secondary N) is 1. The van der Waals surface area contributed by atoms with Gasteiger partial charge in [-0.1, -0.05) is 6.42 Å². The van der Waals surface area contributed by atoms with Crippen LogP contribution in [0, 0.1) is 0 Å². The van der Waals surface area contributed by atoms with E-state index in [1.807, 2.05) is 0 Å². The minimum atomic E-state index is -1.63. The van der Waals surface area contributed by atoms with Crippen LogP contribution < -0.4 is 5.32 Å². The quantitative estimate of drug-likeness (QED) is 0.558. The molecule has 1 unspecified atom stereocenters. The summed E-state index contributed by atoms with van der Waals surface area (Å²) in [6, 6.07) is 0.413. The van der Waals surface area contributed by atoms with Crippen LogP contribution in [0.25, 0.3) is 0 Å². The summed E-state index contributed by atoms with van der Waals surface area (Å²) in [6.07, 6.45) is 3.39. The van der Waals surface area contributed by atoms with E-state index in [1.165, 1.54) is 13.3 Å². The minimum absolute atomic E-state index is 0.132. The lowest BCUT2D eigenvalue weighted by Gasteiger charge is -2.29. The fourth-order valence-corrected chi connectivity index (χ4v) is 1.03. The van der Waals surface area contributed by atoms with Crippen LogP contribution >= 0.6 is 0 Å². The Bertz CT molecular complexity index is 175. The van der Waals surface area contributed by atoms with E-state index in [0.29, 0.717) is 6.04 Å². The minimum Gasteiger partial charge on any atom is -0.479 e. The molecule has 0 heterocycles. The molecule has 1 aliphatic rings. The normalized spacial score (nSPS) is 22.8. The van der Waals surface area contributed by atoms with Gasteiger partial charge in [-0.05, 0) is 19.8 Å². The summed E-state index contributed by atoms with van der Waals surface area (Å²) in [5, 5.41) is 20.9. The van der Waals surface area contributed by atoms with Gasteiger partial charge in [-0.15, -0.1) is 0 Å². The molecule has 0 aromatic rings. The monoisotopic (exact) mass is 173 g/mol. The molecular weight excluding hydrogens is 158 g/mol. The zero-order valence-electron chi connectivity index (χ0n) is 7.21. The summed E-state index contributed by atoms with van der Waals surface area (Å²) < 4.78 is 0. The van der Waals surface area contributed by atoms with Crippen LogP contribution in [-0.2, 0) is 4.79 Å². The first-order valence-electron chi connectivity index (χ1n) is 4.21. The SMILES string of the molecule is CC(O)(CNC1CCC1)C(=O)O. The Labute approximate surface area is 71.6 Å². The van der Waals surface area contributed by atoms with E-state index in [-0.39, 0.29) is 6.54 Å². The van der Waals surface area contributed by atoms with E-state index in [0.717, 1.165) is 12.8 Å². The third-order valence-corrected chi connectivity index (χ3v) is 2.30. The van der Waals surface area contributed by atoms with Crippen molar-refractivity contribution in [3.63, 3.8) is 0 Å². The van der Waals surface area contributed by atoms with Crippen molar-refractivity contribution in [2.45, 2.75) is 37.8 Å². The predicted molar refractivity (Wildman–Crippen MR) is 43.9 cm³/mol. The fraction of sp³-hybridized carbons (Fsp3) is 0.875. The smallest absolute Gasteiger partial charge is 0.336 e. The van der Waals surface area contributed by atoms with Crippen LogP contribution in [0.1, 0.15) is 26.2 Å². The summed E-state index contributed by atoms with van der Waals surface area (Å²) in [6.45, 7) is 1.44. The first-order chi connectivity index (χ1) is 5.52. The molecule has 3 N–H and O–H groups in total. The van der Waals surface area contributed by atoms with Crippen molar-refractivity contribution in [3.05, 3.63) is 0 Å². The Hall–Kier alpha value is -0.610. The van der Waals surface area contributed by atoms with Gasteiger partial charge in [0, 0.05) is 12.6 Å². The summed E-state index contributed by atoms with van der Waals surface area (Å²) in [5.41, 5.74) is -1.63. The molecule has 70 valence electrons. The van der Waals surface area contributed by atoms with Gasteiger partial charge in [0.25, 0.3) is 0 Å². The first-order valence-corrected chi connectivity index (χ1v) is 4.21. The number of hydrogen-bond donors (Lipinski definition) is 3. The van der Waals surface area contributed by atoms with Crippen LogP contribution in [0.3, 0.4) is 0 Å². The van der Waals surface area contributed by atoms with Gasteiger partial charge in [0.1, 0.15) is 0 Å². The fourth-order valence-electron chi connectivity index (χ4n) is 1.03. The third-order valence-electron chi connectivity index (χ3n) is 2.30. The molecule has 0 amide bonds. The van der Waals surface area contributed by atoms with Crippen LogP contribution in [0.5, 0.6) is 0 Å². The van der Waals surface area contributed by atoms with Crippen molar-refractivity contribution in [1.29, 1.82) is 0 Å². The number of carbonyl (C=O) groups is 1. The highest BCUT2D eigenvalue weighted by atomic mass is 16.4. The third kappa shape index (κ3) is 2.19. The van der Waals surface area contributed by atoms with Gasteiger partial charge in [0.2, 0.25) is 0 Å². The predicted octanol–water partition coefficient (Wildman–Crippen LogP) is -0.0359. The van der Waals surface area contributed by atoms with Gasteiger partial charge < -0.3 is 15.5 Å². The summed E-state index contributed by atoms with van der Waals surface area (Å²) in [4.78, 5) is 10.4. The largest absolute Gasteiger partial charge is 0.479 e. The Morgan fingerprint density at radius 2 is 2.25 bits per heavy atom. The molecule has 0 radical (unpaired) electrons. The van der Waals surface area contributed by atoms with Crippen molar-refractivity contribution in [3.8, 4) is 0 Å². The van der Waals surface area contributed by atoms with Crippen molar-refractivity contribution >= 4 is 5.97 Å². The van der Waals surface area contributed by atoms with E-state index in [2.05, 4.69) is 5.32 Å². The van der Waals surface area contributed by atoms with Crippen molar-refractivity contribution in [1.82, 2.24) is 5.32 Å². The van der Waals surface area contributed by atoms with Crippen molar-refractivity contribution < 1.29 is 15.0 Å². The average Bonchev–Trinajstić information content (AvgIpc) is 1.83. The van der Waals surface area contributed by atoms with Gasteiger partial charge in [0.05, 0.1) is 0 Å². The number of carboxylic acid groups (broad SMARTS) is 1. The number of rotatable bonds is 4. The Balaban J connectivity index is 2.24. The van der Waals surface area contributed by atoms with Crippen molar-refractivity contribution in [2.24, 2.45) is 0 Å². The van der Waals surface area contributed by atoms with Gasteiger partial charge >= 0.3 is 5.97 Å². The number of carboxylic acids is 1. The molecule has 0 spiro atoms. The lowest BCUT2D eigenvalue weighted by molar-refractivity contribution is -0.156. The highest BCUT2D eigenvalue weighted by Gasteiger charge is 2.31. The van der Waals surface area contributed by atoms with Crippen LogP contribution in [0.4, 0.5) is 0 Å². The molecule has 0 aromatic carbocycles. The van der Waals surface area contributed by atoms with E-state index < -0.39 is 11.6 Å². The molecule has 4 heteroatoms. The molecule has 0 saturated heterocycles. The second-order valence-electron chi connectivity index (χ2n) is 3.59. The number of aliphatic hydroxyl groups is 1. The lowest BCUT2D eigenvalue weighted by atomic mass is 9.92. The van der Waals surface area contributed by atoms with Crippen LogP contribution in [-0.4, -0.2) is 34.4 Å². The van der Waals surface area contributed by atoms with Gasteiger partial charge in [-0.25, -0.2) is 4.79 Å². The molecule has 1 rings (SSSR count). The van der Waals surface area contributed by atoms with Crippen molar-refractivity contribution in [2.75, 3.05) is 6.54 Å². The topological polar surface area (TPSA) is 69.6 Å². The number of hydrogen-bond acceptors (Lipinski definition) is 3. The Morgan fingerprint density at radius 1 is 1.67 bits per heavy atom. The molecule has 1 fully saturated rings. The Morgan fingerprint density at radius 3 is 2.58 bits per heavy atom. The maximum atomic E-state index is 10.4. The van der Waals surface area contributed by atoms with E-state index >= 15 is 0 Å². The van der Waals surface area contributed by atoms with Gasteiger partial charge in [-0.2, -0.15) is 0 Å². The summed E-state index contributed by atoms with van der Waals surface area (Å²) in [5.74, 6) is -1.17. The zero-order valence-corrected chi connectivity index (χ0v) is 7.21. The van der Waals surface area contributed by atoms with Gasteiger partial charge in [0.15, 0.2) is 5.60 Å². The molecule has 0 bridgehead atoms. The summed E-state index contributed by atoms with van der Waals surface area (Å²) in [7, 11) is 0. The average molecular weight is 173 g/mol. The second kappa shape index (κ2) is 3.41. The van der Waals surface area contributed by atoms with Gasteiger partial charge in [-0.3, -0.25) is 0 Å². The first kappa shape index (κ1) is 9.48. The maximum Gasteiger partial charge on any atom is 0.336 e. The van der Waals surface area contributed by atoms with Crippen LogP contribution in [0.15, 0.2) is 0 Å². The highest BCUT2D eigenvalue weighted by molar-refractivity contribution is 5.76. The maximum absolute atomic E-state index is 10.4. The standard InChI is InChI=1S/C8H15NO3/c1-8(12,7(10)11)5-9-6-3-2-4-6/h6,9,12H,2-5H2,1H3,(H,10,11). The highest BCUT2D eigenvalue weighted by Crippen LogP contribution is 2.18. The number of aliphatic carboxylic acids is 1. The van der Waals surface area contributed by atoms with E-state index in [9.17, 15) is 9.90 Å². The molecule has 1 aliphatic carbocycles. The Kier molecular flexibility index (Phi) is 2.69. The molecule has 1 atom stereocenters. The second-order valence-corrected chi connectivity index (χ2v) is 3.59. The van der Waals surface area contributed by atoms with E-state index in [4.69, 9.17) is 5.11 Å².